The van der Waals surface area contributed by atoms with Crippen LogP contribution < -0.4 is 5.48 Å². The molecule has 0 fully saturated rings. The zero-order valence-corrected chi connectivity index (χ0v) is 11.8. The van der Waals surface area contributed by atoms with E-state index in [0.717, 1.165) is 5.56 Å². The number of hydrogen-bond donors (Lipinski definition) is 2. The minimum absolute atomic E-state index is 0.166. The molecule has 18 heavy (non-hydrogen) atoms. The summed E-state index contributed by atoms with van der Waals surface area (Å²) in [6, 6.07) is 7.23. The van der Waals surface area contributed by atoms with Crippen molar-refractivity contribution in [3.05, 3.63) is 35.4 Å². The van der Waals surface area contributed by atoms with Crippen molar-refractivity contribution in [1.29, 1.82) is 0 Å². The predicted octanol–water partition coefficient (Wildman–Crippen LogP) is 2.45. The van der Waals surface area contributed by atoms with Gasteiger partial charge in [-0.25, -0.2) is 5.48 Å². The molecule has 0 heterocycles. The minimum atomic E-state index is -0.779. The molecule has 1 amide bonds. The van der Waals surface area contributed by atoms with E-state index < -0.39 is 5.60 Å². The molecular weight excluding hydrogens is 230 g/mol. The van der Waals surface area contributed by atoms with Gasteiger partial charge in [0, 0.05) is 5.56 Å². The maximum absolute atomic E-state index is 11.7. The lowest BCUT2D eigenvalue weighted by molar-refractivity contribution is -0.0956. The first-order valence-electron chi connectivity index (χ1n) is 6.11. The molecule has 4 heteroatoms. The van der Waals surface area contributed by atoms with Gasteiger partial charge in [0.2, 0.25) is 0 Å². The van der Waals surface area contributed by atoms with Crippen LogP contribution in [0, 0.1) is 6.92 Å². The van der Waals surface area contributed by atoms with E-state index in [1.54, 1.807) is 26.0 Å². The van der Waals surface area contributed by atoms with E-state index in [1.807, 2.05) is 32.9 Å². The van der Waals surface area contributed by atoms with E-state index in [2.05, 4.69) is 5.48 Å². The fourth-order valence-corrected chi connectivity index (χ4v) is 1.10. The molecule has 0 atom stereocenters. The highest BCUT2D eigenvalue weighted by atomic mass is 16.7. The van der Waals surface area contributed by atoms with Crippen LogP contribution in [0.4, 0.5) is 0 Å². The normalized spacial score (nSPS) is 10.3. The maximum Gasteiger partial charge on any atom is 0.275 e. The van der Waals surface area contributed by atoms with Crippen LogP contribution in [0.3, 0.4) is 0 Å². The summed E-state index contributed by atoms with van der Waals surface area (Å²) in [7, 11) is 0. The molecule has 0 aliphatic rings. The van der Waals surface area contributed by atoms with Crippen molar-refractivity contribution >= 4 is 5.91 Å². The number of benzene rings is 1. The zero-order valence-electron chi connectivity index (χ0n) is 11.8. The Morgan fingerprint density at radius 2 is 1.89 bits per heavy atom. The van der Waals surface area contributed by atoms with Gasteiger partial charge in [-0.1, -0.05) is 32.0 Å². The topological polar surface area (TPSA) is 58.6 Å². The number of rotatable bonds is 4. The molecule has 0 aliphatic heterocycles. The van der Waals surface area contributed by atoms with E-state index in [1.165, 1.54) is 0 Å². The molecule has 0 unspecified atom stereocenters. The molecule has 4 nitrogen and oxygen atoms in total. The van der Waals surface area contributed by atoms with E-state index in [4.69, 9.17) is 9.94 Å². The second-order valence-electron chi connectivity index (χ2n) is 4.27. The van der Waals surface area contributed by atoms with Crippen LogP contribution in [0.2, 0.25) is 0 Å². The van der Waals surface area contributed by atoms with Crippen molar-refractivity contribution in [1.82, 2.24) is 5.48 Å². The Morgan fingerprint density at radius 3 is 2.39 bits per heavy atom. The lowest BCUT2D eigenvalue weighted by atomic mass is 10.1. The number of carbonyl (C=O) groups is 1. The van der Waals surface area contributed by atoms with Crippen LogP contribution in [0.5, 0.6) is 0 Å². The number of carbonyl (C=O) groups excluding carboxylic acids is 1. The van der Waals surface area contributed by atoms with Crippen LogP contribution in [0.15, 0.2) is 24.3 Å². The Kier molecular flexibility index (Phi) is 7.24. The first-order chi connectivity index (χ1) is 8.46. The molecule has 1 aromatic rings. The summed E-state index contributed by atoms with van der Waals surface area (Å²) in [6.07, 6.45) is 0. The minimum Gasteiger partial charge on any atom is -0.393 e. The van der Waals surface area contributed by atoms with E-state index >= 15 is 0 Å². The van der Waals surface area contributed by atoms with Crippen molar-refractivity contribution < 1.29 is 14.7 Å². The molecular formula is C14H23NO3. The van der Waals surface area contributed by atoms with Gasteiger partial charge in [-0.3, -0.25) is 9.63 Å². The number of aliphatic hydroxyl groups excluding tert-OH is 1. The smallest absolute Gasteiger partial charge is 0.275 e. The largest absolute Gasteiger partial charge is 0.393 e. The number of hydroxylamine groups is 1. The fourth-order valence-electron chi connectivity index (χ4n) is 1.10. The van der Waals surface area contributed by atoms with Crippen molar-refractivity contribution in [3.8, 4) is 0 Å². The molecule has 0 spiro atoms. The fraction of sp³-hybridized carbons (Fsp3) is 0.500. The molecule has 1 aromatic carbocycles. The number of aliphatic hydroxyl groups is 1. The van der Waals surface area contributed by atoms with Crippen LogP contribution in [0.1, 0.15) is 43.6 Å². The number of nitrogens with one attached hydrogen (secondary N) is 1. The van der Waals surface area contributed by atoms with E-state index in [9.17, 15) is 4.79 Å². The molecule has 0 saturated heterocycles. The maximum atomic E-state index is 11.7. The summed E-state index contributed by atoms with van der Waals surface area (Å²) in [4.78, 5) is 16.8. The highest BCUT2D eigenvalue weighted by molar-refractivity contribution is 5.94. The van der Waals surface area contributed by atoms with Gasteiger partial charge in [-0.05, 0) is 32.4 Å². The lowest BCUT2D eigenvalue weighted by Crippen LogP contribution is -2.38. The number of hydrogen-bond acceptors (Lipinski definition) is 3. The van der Waals surface area contributed by atoms with Crippen molar-refractivity contribution in [3.63, 3.8) is 0 Å². The Balaban J connectivity index is 0.00000137. The van der Waals surface area contributed by atoms with Gasteiger partial charge in [0.15, 0.2) is 0 Å². The quantitative estimate of drug-likeness (QED) is 0.810. The van der Waals surface area contributed by atoms with Crippen molar-refractivity contribution in [2.45, 2.75) is 40.2 Å². The second kappa shape index (κ2) is 7.84. The van der Waals surface area contributed by atoms with Gasteiger partial charge >= 0.3 is 0 Å². The summed E-state index contributed by atoms with van der Waals surface area (Å²) in [5, 5.41) is 8.96. The average molecular weight is 253 g/mol. The Labute approximate surface area is 109 Å². The first-order valence-corrected chi connectivity index (χ1v) is 6.11. The van der Waals surface area contributed by atoms with Gasteiger partial charge in [0.05, 0.1) is 6.61 Å². The third-order valence-corrected chi connectivity index (χ3v) is 2.19. The van der Waals surface area contributed by atoms with Crippen LogP contribution in [-0.4, -0.2) is 23.2 Å². The van der Waals surface area contributed by atoms with Gasteiger partial charge in [-0.15, -0.1) is 0 Å². The third kappa shape index (κ3) is 5.29. The lowest BCUT2D eigenvalue weighted by Gasteiger charge is -2.21. The van der Waals surface area contributed by atoms with Gasteiger partial charge in [-0.2, -0.15) is 0 Å². The molecule has 0 radical (unpaired) electrons. The molecule has 0 aromatic heterocycles. The average Bonchev–Trinajstić information content (AvgIpc) is 2.39. The summed E-state index contributed by atoms with van der Waals surface area (Å²) >= 11 is 0. The molecule has 1 rings (SSSR count). The number of amides is 1. The van der Waals surface area contributed by atoms with E-state index in [0.29, 0.717) is 5.56 Å². The second-order valence-corrected chi connectivity index (χ2v) is 4.27. The summed E-state index contributed by atoms with van der Waals surface area (Å²) in [5.74, 6) is -0.306. The highest BCUT2D eigenvalue weighted by Gasteiger charge is 2.19. The van der Waals surface area contributed by atoms with Gasteiger partial charge in [0.1, 0.15) is 5.60 Å². The SMILES string of the molecule is CC.Cc1ccccc1C(=O)NOC(C)(C)CO. The Hall–Kier alpha value is -1.39. The van der Waals surface area contributed by atoms with Gasteiger partial charge in [0.25, 0.3) is 5.91 Å². The molecule has 102 valence electrons. The number of aryl methyl sites for hydroxylation is 1. The van der Waals surface area contributed by atoms with Gasteiger partial charge < -0.3 is 5.11 Å². The standard InChI is InChI=1S/C12H17NO3.C2H6/c1-9-6-4-5-7-10(9)11(15)13-16-12(2,3)8-14;1-2/h4-7,14H,8H2,1-3H3,(H,13,15);1-2H3. The molecule has 0 aliphatic carbocycles. The van der Waals surface area contributed by atoms with Crippen LogP contribution in [-0.2, 0) is 4.84 Å². The summed E-state index contributed by atoms with van der Waals surface area (Å²) in [6.45, 7) is 9.06. The highest BCUT2D eigenvalue weighted by Crippen LogP contribution is 2.09. The monoisotopic (exact) mass is 253 g/mol. The molecule has 0 bridgehead atoms. The third-order valence-electron chi connectivity index (χ3n) is 2.19. The molecule has 2 N–H and O–H groups in total. The Bertz CT molecular complexity index is 375. The van der Waals surface area contributed by atoms with Crippen molar-refractivity contribution in [2.75, 3.05) is 6.61 Å². The molecule has 0 saturated carbocycles. The van der Waals surface area contributed by atoms with Crippen LogP contribution >= 0.6 is 0 Å². The van der Waals surface area contributed by atoms with E-state index in [-0.39, 0.29) is 12.5 Å². The predicted molar refractivity (Wildman–Crippen MR) is 72.2 cm³/mol. The van der Waals surface area contributed by atoms with Crippen LogP contribution in [0.25, 0.3) is 0 Å². The zero-order chi connectivity index (χ0) is 14.2. The Morgan fingerprint density at radius 1 is 1.33 bits per heavy atom. The summed E-state index contributed by atoms with van der Waals surface area (Å²) in [5.41, 5.74) is 3.00. The van der Waals surface area contributed by atoms with Crippen molar-refractivity contribution in [2.24, 2.45) is 0 Å². The summed E-state index contributed by atoms with van der Waals surface area (Å²) < 4.78 is 0. The first kappa shape index (κ1) is 16.6.